The molecule has 5 nitrogen and oxygen atoms in total. The first-order chi connectivity index (χ1) is 12.7. The molecule has 1 fully saturated rings. The van der Waals surface area contributed by atoms with Gasteiger partial charge in [0.15, 0.2) is 6.61 Å². The number of hydrogen-bond donors (Lipinski definition) is 1. The van der Waals surface area contributed by atoms with Crippen molar-refractivity contribution in [3.05, 3.63) is 59.7 Å². The van der Waals surface area contributed by atoms with Gasteiger partial charge in [-0.3, -0.25) is 4.90 Å². The average molecular weight is 355 g/mol. The summed E-state index contributed by atoms with van der Waals surface area (Å²) in [7, 11) is 0. The Balaban J connectivity index is 1.56. The van der Waals surface area contributed by atoms with E-state index in [4.69, 9.17) is 14.6 Å². The Morgan fingerprint density at radius 2 is 1.73 bits per heavy atom. The highest BCUT2D eigenvalue weighted by atomic mass is 16.5. The molecule has 0 aliphatic carbocycles. The van der Waals surface area contributed by atoms with Gasteiger partial charge >= 0.3 is 5.97 Å². The summed E-state index contributed by atoms with van der Waals surface area (Å²) in [6, 6.07) is 15.6. The minimum atomic E-state index is -0.978. The van der Waals surface area contributed by atoms with Crippen LogP contribution in [-0.4, -0.2) is 48.8 Å². The zero-order valence-electron chi connectivity index (χ0n) is 14.9. The van der Waals surface area contributed by atoms with Crippen LogP contribution in [0, 0.1) is 0 Å². The lowest BCUT2D eigenvalue weighted by molar-refractivity contribution is -0.139. The average Bonchev–Trinajstić information content (AvgIpc) is 3.16. The molecule has 1 saturated heterocycles. The van der Waals surface area contributed by atoms with Gasteiger partial charge in [-0.05, 0) is 55.3 Å². The molecular formula is C21H25NO4. The van der Waals surface area contributed by atoms with Crippen LogP contribution < -0.4 is 9.47 Å². The lowest BCUT2D eigenvalue weighted by Gasteiger charge is -2.16. The Labute approximate surface area is 154 Å². The largest absolute Gasteiger partial charge is 0.492 e. The monoisotopic (exact) mass is 355 g/mol. The van der Waals surface area contributed by atoms with Crippen LogP contribution in [0.5, 0.6) is 11.5 Å². The first-order valence-corrected chi connectivity index (χ1v) is 9.07. The van der Waals surface area contributed by atoms with Crippen LogP contribution in [0.2, 0.25) is 0 Å². The number of aliphatic carboxylic acids is 1. The van der Waals surface area contributed by atoms with Gasteiger partial charge in [0.25, 0.3) is 0 Å². The maximum absolute atomic E-state index is 10.5. The molecule has 5 heteroatoms. The summed E-state index contributed by atoms with van der Waals surface area (Å²) in [5.41, 5.74) is 2.27. The third-order valence-corrected chi connectivity index (χ3v) is 4.52. The molecule has 0 aromatic heterocycles. The van der Waals surface area contributed by atoms with E-state index in [2.05, 4.69) is 11.0 Å². The van der Waals surface area contributed by atoms with Crippen LogP contribution in [0.15, 0.2) is 48.5 Å². The van der Waals surface area contributed by atoms with Crippen LogP contribution >= 0.6 is 0 Å². The molecule has 138 valence electrons. The molecule has 1 heterocycles. The SMILES string of the molecule is O=C(O)COc1ccc(Cc2ccccc2OCCN2CCCC2)cc1. The van der Waals surface area contributed by atoms with Gasteiger partial charge in [-0.2, -0.15) is 0 Å². The molecule has 2 aromatic rings. The molecule has 1 aliphatic rings. The van der Waals surface area contributed by atoms with E-state index in [0.29, 0.717) is 12.4 Å². The first-order valence-electron chi connectivity index (χ1n) is 9.07. The van der Waals surface area contributed by atoms with Crippen LogP contribution in [0.25, 0.3) is 0 Å². The van der Waals surface area contributed by atoms with E-state index >= 15 is 0 Å². The fourth-order valence-electron chi connectivity index (χ4n) is 3.15. The maximum atomic E-state index is 10.5. The lowest BCUT2D eigenvalue weighted by atomic mass is 10.0. The standard InChI is InChI=1S/C21H25NO4/c23-21(24)16-26-19-9-7-17(8-10-19)15-18-5-1-2-6-20(18)25-14-13-22-11-3-4-12-22/h1-2,5-10H,3-4,11-16H2,(H,23,24). The van der Waals surface area contributed by atoms with Crippen molar-refractivity contribution in [2.24, 2.45) is 0 Å². The minimum absolute atomic E-state index is 0.326. The van der Waals surface area contributed by atoms with Crippen molar-refractivity contribution >= 4 is 5.97 Å². The van der Waals surface area contributed by atoms with Crippen molar-refractivity contribution in [1.29, 1.82) is 0 Å². The third kappa shape index (κ3) is 5.49. The van der Waals surface area contributed by atoms with Gasteiger partial charge in [0.1, 0.15) is 18.1 Å². The zero-order chi connectivity index (χ0) is 18.2. The van der Waals surface area contributed by atoms with Gasteiger partial charge in [-0.25, -0.2) is 4.79 Å². The summed E-state index contributed by atoms with van der Waals surface area (Å²) in [4.78, 5) is 13.0. The zero-order valence-corrected chi connectivity index (χ0v) is 14.9. The van der Waals surface area contributed by atoms with Crippen LogP contribution in [0.1, 0.15) is 24.0 Å². The Kier molecular flexibility index (Phi) is 6.50. The van der Waals surface area contributed by atoms with Crippen molar-refractivity contribution in [1.82, 2.24) is 4.90 Å². The van der Waals surface area contributed by atoms with Crippen LogP contribution in [-0.2, 0) is 11.2 Å². The molecule has 1 N–H and O–H groups in total. The van der Waals surface area contributed by atoms with Crippen LogP contribution in [0.4, 0.5) is 0 Å². The first kappa shape index (κ1) is 18.3. The van der Waals surface area contributed by atoms with Gasteiger partial charge in [-0.1, -0.05) is 30.3 Å². The van der Waals surface area contributed by atoms with Crippen LogP contribution in [0.3, 0.4) is 0 Å². The number of carboxylic acids is 1. The number of rotatable bonds is 9. The molecular weight excluding hydrogens is 330 g/mol. The molecule has 0 radical (unpaired) electrons. The molecule has 0 spiro atoms. The summed E-state index contributed by atoms with van der Waals surface area (Å²) in [6.45, 7) is 3.72. The Bertz CT molecular complexity index is 708. The van der Waals surface area contributed by atoms with Gasteiger partial charge < -0.3 is 14.6 Å². The van der Waals surface area contributed by atoms with Crippen molar-refractivity contribution in [3.8, 4) is 11.5 Å². The summed E-state index contributed by atoms with van der Waals surface area (Å²) in [5, 5.41) is 8.65. The number of benzene rings is 2. The van der Waals surface area contributed by atoms with E-state index in [-0.39, 0.29) is 6.61 Å². The van der Waals surface area contributed by atoms with Gasteiger partial charge in [0.2, 0.25) is 0 Å². The molecule has 26 heavy (non-hydrogen) atoms. The number of ether oxygens (including phenoxy) is 2. The molecule has 0 amide bonds. The summed E-state index contributed by atoms with van der Waals surface area (Å²) in [5.74, 6) is 0.512. The molecule has 2 aromatic carbocycles. The highest BCUT2D eigenvalue weighted by molar-refractivity contribution is 5.68. The maximum Gasteiger partial charge on any atom is 0.341 e. The van der Waals surface area contributed by atoms with Crippen molar-refractivity contribution in [2.75, 3.05) is 32.8 Å². The normalized spacial score (nSPS) is 14.3. The quantitative estimate of drug-likeness (QED) is 0.748. The Hall–Kier alpha value is -2.53. The van der Waals surface area contributed by atoms with E-state index in [1.807, 2.05) is 30.3 Å². The summed E-state index contributed by atoms with van der Waals surface area (Å²) >= 11 is 0. The number of hydrogen-bond acceptors (Lipinski definition) is 4. The third-order valence-electron chi connectivity index (χ3n) is 4.52. The second-order valence-corrected chi connectivity index (χ2v) is 6.51. The molecule has 0 atom stereocenters. The number of nitrogens with zero attached hydrogens (tertiary/aromatic N) is 1. The highest BCUT2D eigenvalue weighted by Gasteiger charge is 2.11. The van der Waals surface area contributed by atoms with Gasteiger partial charge in [0, 0.05) is 13.0 Å². The van der Waals surface area contributed by atoms with E-state index in [9.17, 15) is 4.79 Å². The number of carboxylic acid groups (broad SMARTS) is 1. The van der Waals surface area contributed by atoms with E-state index in [0.717, 1.165) is 29.8 Å². The minimum Gasteiger partial charge on any atom is -0.492 e. The fourth-order valence-corrected chi connectivity index (χ4v) is 3.15. The summed E-state index contributed by atoms with van der Waals surface area (Å²) < 4.78 is 11.2. The lowest BCUT2D eigenvalue weighted by Crippen LogP contribution is -2.25. The predicted octanol–water partition coefficient (Wildman–Crippen LogP) is 3.22. The topological polar surface area (TPSA) is 59.0 Å². The number of carbonyl (C=O) groups is 1. The van der Waals surface area contributed by atoms with Crippen molar-refractivity contribution < 1.29 is 19.4 Å². The van der Waals surface area contributed by atoms with E-state index in [1.54, 1.807) is 12.1 Å². The molecule has 0 unspecified atom stereocenters. The predicted molar refractivity (Wildman–Crippen MR) is 100.0 cm³/mol. The smallest absolute Gasteiger partial charge is 0.341 e. The number of para-hydroxylation sites is 1. The van der Waals surface area contributed by atoms with Crippen molar-refractivity contribution in [2.45, 2.75) is 19.3 Å². The molecule has 3 rings (SSSR count). The van der Waals surface area contributed by atoms with E-state index < -0.39 is 5.97 Å². The van der Waals surface area contributed by atoms with Gasteiger partial charge in [0.05, 0.1) is 0 Å². The second kappa shape index (κ2) is 9.25. The Morgan fingerprint density at radius 1 is 1.00 bits per heavy atom. The molecule has 0 saturated carbocycles. The second-order valence-electron chi connectivity index (χ2n) is 6.51. The Morgan fingerprint density at radius 3 is 2.46 bits per heavy atom. The van der Waals surface area contributed by atoms with Crippen molar-refractivity contribution in [3.63, 3.8) is 0 Å². The highest BCUT2D eigenvalue weighted by Crippen LogP contribution is 2.23. The van der Waals surface area contributed by atoms with Gasteiger partial charge in [-0.15, -0.1) is 0 Å². The molecule has 0 bridgehead atoms. The molecule has 1 aliphatic heterocycles. The van der Waals surface area contributed by atoms with E-state index in [1.165, 1.54) is 25.9 Å². The number of likely N-dealkylation sites (tertiary alicyclic amines) is 1. The summed E-state index contributed by atoms with van der Waals surface area (Å²) in [6.07, 6.45) is 3.35. The fraction of sp³-hybridized carbons (Fsp3) is 0.381.